The maximum Gasteiger partial charge on any atom is 0.143 e. The zero-order valence-corrected chi connectivity index (χ0v) is 12.6. The monoisotopic (exact) mass is 285 g/mol. The molecule has 0 amide bonds. The predicted molar refractivity (Wildman–Crippen MR) is 84.3 cm³/mol. The molecule has 0 saturated heterocycles. The fraction of sp³-hybridized carbons (Fsp3) is 0.471. The van der Waals surface area contributed by atoms with E-state index in [-0.39, 0.29) is 0 Å². The molecule has 1 saturated carbocycles. The lowest BCUT2D eigenvalue weighted by atomic mass is 9.96. The van der Waals surface area contributed by atoms with E-state index in [0.717, 1.165) is 17.0 Å². The predicted octanol–water partition coefficient (Wildman–Crippen LogP) is 3.86. The number of ether oxygens (including phenoxy) is 1. The molecule has 3 rings (SSSR count). The van der Waals surface area contributed by atoms with Gasteiger partial charge in [0.25, 0.3) is 0 Å². The minimum absolute atomic E-state index is 0.466. The fourth-order valence-corrected chi connectivity index (χ4v) is 2.93. The van der Waals surface area contributed by atoms with Crippen molar-refractivity contribution in [1.29, 1.82) is 0 Å². The van der Waals surface area contributed by atoms with E-state index in [2.05, 4.69) is 16.0 Å². The molecule has 2 N–H and O–H groups in total. The molecular weight excluding hydrogens is 262 g/mol. The Morgan fingerprint density at radius 1 is 1.24 bits per heavy atom. The van der Waals surface area contributed by atoms with E-state index in [9.17, 15) is 0 Å². The number of nitrogens with zero attached hydrogens (tertiary/aromatic N) is 2. The Balaban J connectivity index is 1.63. The molecule has 0 unspecified atom stereocenters. The highest BCUT2D eigenvalue weighted by Crippen LogP contribution is 2.28. The number of aromatic nitrogens is 2. The molecule has 1 aliphatic carbocycles. The highest BCUT2D eigenvalue weighted by atomic mass is 16.5. The van der Waals surface area contributed by atoms with Gasteiger partial charge in [-0.25, -0.2) is 0 Å². The average molecular weight is 285 g/mol. The van der Waals surface area contributed by atoms with Crippen molar-refractivity contribution in [3.8, 4) is 5.75 Å². The number of rotatable bonds is 4. The number of anilines is 1. The zero-order valence-electron chi connectivity index (χ0n) is 12.6. The Morgan fingerprint density at radius 2 is 2.05 bits per heavy atom. The largest absolute Gasteiger partial charge is 0.485 e. The summed E-state index contributed by atoms with van der Waals surface area (Å²) >= 11 is 0. The van der Waals surface area contributed by atoms with Crippen LogP contribution in [0.4, 0.5) is 5.69 Å². The molecule has 1 heterocycles. The topological polar surface area (TPSA) is 53.1 Å². The van der Waals surface area contributed by atoms with Crippen molar-refractivity contribution in [3.05, 3.63) is 41.7 Å². The molecule has 0 aliphatic heterocycles. The van der Waals surface area contributed by atoms with E-state index in [0.29, 0.717) is 18.3 Å². The summed E-state index contributed by atoms with van der Waals surface area (Å²) in [4.78, 5) is 0. The van der Waals surface area contributed by atoms with Crippen LogP contribution in [-0.2, 0) is 6.61 Å². The van der Waals surface area contributed by atoms with Crippen LogP contribution in [0.3, 0.4) is 0 Å². The first kappa shape index (κ1) is 14.0. The highest BCUT2D eigenvalue weighted by Gasteiger charge is 2.16. The molecule has 4 nitrogen and oxygen atoms in total. The molecule has 112 valence electrons. The summed E-state index contributed by atoms with van der Waals surface area (Å²) in [6.07, 6.45) is 8.56. The second-order valence-corrected chi connectivity index (χ2v) is 5.85. The molecule has 0 spiro atoms. The van der Waals surface area contributed by atoms with Crippen molar-refractivity contribution in [2.24, 2.45) is 0 Å². The summed E-state index contributed by atoms with van der Waals surface area (Å²) in [5.41, 5.74) is 8.73. The van der Waals surface area contributed by atoms with Gasteiger partial charge in [-0.05, 0) is 37.5 Å². The van der Waals surface area contributed by atoms with E-state index in [1.807, 2.05) is 31.2 Å². The quantitative estimate of drug-likeness (QED) is 0.868. The van der Waals surface area contributed by atoms with Crippen molar-refractivity contribution in [1.82, 2.24) is 9.78 Å². The Morgan fingerprint density at radius 3 is 2.86 bits per heavy atom. The summed E-state index contributed by atoms with van der Waals surface area (Å²) in [6, 6.07) is 8.46. The van der Waals surface area contributed by atoms with E-state index >= 15 is 0 Å². The van der Waals surface area contributed by atoms with Gasteiger partial charge in [0, 0.05) is 6.20 Å². The molecule has 21 heavy (non-hydrogen) atoms. The van der Waals surface area contributed by atoms with Gasteiger partial charge >= 0.3 is 0 Å². The van der Waals surface area contributed by atoms with Crippen molar-refractivity contribution >= 4 is 5.69 Å². The second-order valence-electron chi connectivity index (χ2n) is 5.85. The minimum Gasteiger partial charge on any atom is -0.485 e. The SMILES string of the molecule is Cc1cccc(OCc2ccn(C3CCCCC3)n2)c1N. The first-order valence-electron chi connectivity index (χ1n) is 7.76. The van der Waals surface area contributed by atoms with Gasteiger partial charge in [-0.3, -0.25) is 4.68 Å². The molecule has 1 fully saturated rings. The van der Waals surface area contributed by atoms with Gasteiger partial charge in [-0.1, -0.05) is 31.4 Å². The molecule has 1 aromatic heterocycles. The normalized spacial score (nSPS) is 16.0. The number of hydrogen-bond acceptors (Lipinski definition) is 3. The molecular formula is C17H23N3O. The lowest BCUT2D eigenvalue weighted by Gasteiger charge is -2.21. The van der Waals surface area contributed by atoms with Crippen LogP contribution < -0.4 is 10.5 Å². The second kappa shape index (κ2) is 6.20. The van der Waals surface area contributed by atoms with Gasteiger partial charge in [0.05, 0.1) is 17.4 Å². The fourth-order valence-electron chi connectivity index (χ4n) is 2.93. The van der Waals surface area contributed by atoms with E-state index in [1.54, 1.807) is 0 Å². The van der Waals surface area contributed by atoms with Gasteiger partial charge in [0.15, 0.2) is 0 Å². The van der Waals surface area contributed by atoms with Crippen LogP contribution in [0.2, 0.25) is 0 Å². The molecule has 4 heteroatoms. The maximum atomic E-state index is 6.02. The third-order valence-corrected chi connectivity index (χ3v) is 4.27. The summed E-state index contributed by atoms with van der Waals surface area (Å²) in [5.74, 6) is 0.738. The van der Waals surface area contributed by atoms with Crippen molar-refractivity contribution in [3.63, 3.8) is 0 Å². The van der Waals surface area contributed by atoms with Crippen LogP contribution in [0.1, 0.15) is 49.4 Å². The van der Waals surface area contributed by atoms with E-state index in [4.69, 9.17) is 10.5 Å². The Labute approximate surface area is 125 Å². The number of benzene rings is 1. The molecule has 0 radical (unpaired) electrons. The number of nitrogen functional groups attached to an aromatic ring is 1. The molecule has 0 atom stereocenters. The van der Waals surface area contributed by atoms with Crippen LogP contribution in [0.15, 0.2) is 30.5 Å². The number of para-hydroxylation sites is 1. The first-order chi connectivity index (χ1) is 10.2. The van der Waals surface area contributed by atoms with Gasteiger partial charge in [-0.2, -0.15) is 5.10 Å². The Kier molecular flexibility index (Phi) is 4.13. The summed E-state index contributed by atoms with van der Waals surface area (Å²) in [5, 5.41) is 4.65. The smallest absolute Gasteiger partial charge is 0.143 e. The standard InChI is InChI=1S/C17H23N3O/c1-13-6-5-9-16(17(13)18)21-12-14-10-11-20(19-14)15-7-3-2-4-8-15/h5-6,9-11,15H,2-4,7-8,12,18H2,1H3. The first-order valence-corrected chi connectivity index (χ1v) is 7.76. The minimum atomic E-state index is 0.466. The van der Waals surface area contributed by atoms with Crippen molar-refractivity contribution < 1.29 is 4.74 Å². The van der Waals surface area contributed by atoms with Gasteiger partial charge < -0.3 is 10.5 Å². The summed E-state index contributed by atoms with van der Waals surface area (Å²) in [7, 11) is 0. The van der Waals surface area contributed by atoms with Crippen LogP contribution in [0.25, 0.3) is 0 Å². The Hall–Kier alpha value is -1.97. The molecule has 1 aromatic carbocycles. The lowest BCUT2D eigenvalue weighted by Crippen LogP contribution is -2.13. The van der Waals surface area contributed by atoms with Crippen molar-refractivity contribution in [2.45, 2.75) is 51.7 Å². The molecule has 2 aromatic rings. The van der Waals surface area contributed by atoms with Crippen LogP contribution >= 0.6 is 0 Å². The van der Waals surface area contributed by atoms with Gasteiger partial charge in [0.2, 0.25) is 0 Å². The zero-order chi connectivity index (χ0) is 14.7. The number of aryl methyl sites for hydroxylation is 1. The number of nitrogens with two attached hydrogens (primary N) is 1. The molecule has 1 aliphatic rings. The summed E-state index contributed by atoms with van der Waals surface area (Å²) < 4.78 is 7.91. The Bertz CT molecular complexity index is 600. The van der Waals surface area contributed by atoms with E-state index in [1.165, 1.54) is 32.1 Å². The van der Waals surface area contributed by atoms with Gasteiger partial charge in [-0.15, -0.1) is 0 Å². The van der Waals surface area contributed by atoms with Gasteiger partial charge in [0.1, 0.15) is 12.4 Å². The third-order valence-electron chi connectivity index (χ3n) is 4.27. The number of hydrogen-bond donors (Lipinski definition) is 1. The van der Waals surface area contributed by atoms with Crippen molar-refractivity contribution in [2.75, 3.05) is 5.73 Å². The maximum absolute atomic E-state index is 6.02. The van der Waals surface area contributed by atoms with E-state index < -0.39 is 0 Å². The highest BCUT2D eigenvalue weighted by molar-refractivity contribution is 5.57. The lowest BCUT2D eigenvalue weighted by molar-refractivity contribution is 0.292. The van der Waals surface area contributed by atoms with Crippen LogP contribution in [0.5, 0.6) is 5.75 Å². The summed E-state index contributed by atoms with van der Waals surface area (Å²) in [6.45, 7) is 2.45. The molecule has 0 bridgehead atoms. The average Bonchev–Trinajstić information content (AvgIpc) is 2.99. The van der Waals surface area contributed by atoms with Crippen LogP contribution in [0, 0.1) is 6.92 Å². The van der Waals surface area contributed by atoms with Crippen LogP contribution in [-0.4, -0.2) is 9.78 Å². The third kappa shape index (κ3) is 3.20.